The van der Waals surface area contributed by atoms with Gasteiger partial charge in [0, 0.05) is 18.0 Å². The van der Waals surface area contributed by atoms with E-state index < -0.39 is 0 Å². The third-order valence-corrected chi connectivity index (χ3v) is 5.74. The highest BCUT2D eigenvalue weighted by Gasteiger charge is 2.41. The zero-order valence-electron chi connectivity index (χ0n) is 12.0. The molecule has 1 saturated heterocycles. The second kappa shape index (κ2) is 6.11. The Hall–Kier alpha value is -0.120. The molecule has 1 aliphatic heterocycles. The fraction of sp³-hybridized carbons (Fsp3) is 1.00. The molecule has 5 atom stereocenters. The Morgan fingerprint density at radius 3 is 2.00 bits per heavy atom. The van der Waals surface area contributed by atoms with Gasteiger partial charge >= 0.3 is 0 Å². The van der Waals surface area contributed by atoms with Crippen molar-refractivity contribution in [3.05, 3.63) is 0 Å². The molecule has 3 heteroatoms. The van der Waals surface area contributed by atoms with E-state index in [0.717, 1.165) is 25.8 Å². The van der Waals surface area contributed by atoms with Crippen molar-refractivity contribution in [2.24, 2.45) is 5.92 Å². The summed E-state index contributed by atoms with van der Waals surface area (Å²) in [5.41, 5.74) is 0. The number of aliphatic hydroxyl groups is 2. The number of hydrogen-bond acceptors (Lipinski definition) is 3. The van der Waals surface area contributed by atoms with Crippen molar-refractivity contribution < 1.29 is 10.2 Å². The molecule has 0 spiro atoms. The molecule has 0 amide bonds. The molecular weight excluding hydrogens is 238 g/mol. The third kappa shape index (κ3) is 2.84. The maximum Gasteiger partial charge on any atom is 0.0695 e. The van der Waals surface area contributed by atoms with Crippen LogP contribution in [0, 0.1) is 5.92 Å². The SMILES string of the molecule is OC1CCCCC1C1CCCN1C1CCCCC1O. The molecule has 110 valence electrons. The number of nitrogens with zero attached hydrogens (tertiary/aromatic N) is 1. The minimum absolute atomic E-state index is 0.0971. The summed E-state index contributed by atoms with van der Waals surface area (Å²) in [6, 6.07) is 0.906. The van der Waals surface area contributed by atoms with Crippen molar-refractivity contribution >= 4 is 0 Å². The first-order valence-corrected chi connectivity index (χ1v) is 8.39. The van der Waals surface area contributed by atoms with Gasteiger partial charge in [0.1, 0.15) is 0 Å². The second-order valence-electron chi connectivity index (χ2n) is 6.88. The fourth-order valence-corrected chi connectivity index (χ4v) is 4.75. The van der Waals surface area contributed by atoms with Crippen LogP contribution in [0.3, 0.4) is 0 Å². The predicted molar refractivity (Wildman–Crippen MR) is 76.0 cm³/mol. The summed E-state index contributed by atoms with van der Waals surface area (Å²) >= 11 is 0. The van der Waals surface area contributed by atoms with Gasteiger partial charge in [-0.1, -0.05) is 25.7 Å². The number of rotatable bonds is 2. The van der Waals surface area contributed by atoms with E-state index in [2.05, 4.69) is 4.90 Å². The molecule has 19 heavy (non-hydrogen) atoms. The molecule has 0 aromatic heterocycles. The van der Waals surface area contributed by atoms with Crippen molar-refractivity contribution in [3.8, 4) is 0 Å². The molecule has 0 bridgehead atoms. The molecule has 3 rings (SSSR count). The Kier molecular flexibility index (Phi) is 4.45. The Morgan fingerprint density at radius 1 is 0.632 bits per heavy atom. The summed E-state index contributed by atoms with van der Waals surface area (Å²) in [4.78, 5) is 2.57. The van der Waals surface area contributed by atoms with E-state index in [9.17, 15) is 10.2 Å². The summed E-state index contributed by atoms with van der Waals surface area (Å²) in [5.74, 6) is 0.463. The first-order chi connectivity index (χ1) is 9.27. The first kappa shape index (κ1) is 13.8. The van der Waals surface area contributed by atoms with Crippen LogP contribution in [0.2, 0.25) is 0 Å². The zero-order valence-corrected chi connectivity index (χ0v) is 12.0. The highest BCUT2D eigenvalue weighted by molar-refractivity contribution is 4.95. The normalized spacial score (nSPS) is 45.5. The van der Waals surface area contributed by atoms with Gasteiger partial charge in [-0.2, -0.15) is 0 Å². The van der Waals surface area contributed by atoms with Crippen molar-refractivity contribution in [2.45, 2.75) is 88.5 Å². The third-order valence-electron chi connectivity index (χ3n) is 5.74. The number of aliphatic hydroxyl groups excluding tert-OH is 2. The molecular formula is C16H29NO2. The largest absolute Gasteiger partial charge is 0.393 e. The molecule has 0 radical (unpaired) electrons. The van der Waals surface area contributed by atoms with Gasteiger partial charge in [0.15, 0.2) is 0 Å². The lowest BCUT2D eigenvalue weighted by atomic mass is 9.79. The zero-order chi connectivity index (χ0) is 13.2. The molecule has 0 aromatic rings. The van der Waals surface area contributed by atoms with Crippen LogP contribution < -0.4 is 0 Å². The van der Waals surface area contributed by atoms with Gasteiger partial charge in [-0.15, -0.1) is 0 Å². The molecule has 3 aliphatic rings. The van der Waals surface area contributed by atoms with Gasteiger partial charge in [-0.3, -0.25) is 4.90 Å². The van der Waals surface area contributed by atoms with Gasteiger partial charge < -0.3 is 10.2 Å². The van der Waals surface area contributed by atoms with Crippen LogP contribution in [0.5, 0.6) is 0 Å². The minimum atomic E-state index is -0.130. The molecule has 0 aromatic carbocycles. The van der Waals surface area contributed by atoms with Gasteiger partial charge in [-0.05, 0) is 45.1 Å². The fourth-order valence-electron chi connectivity index (χ4n) is 4.75. The summed E-state index contributed by atoms with van der Waals surface area (Å²) < 4.78 is 0. The lowest BCUT2D eigenvalue weighted by molar-refractivity contribution is -0.0307. The summed E-state index contributed by atoms with van der Waals surface area (Å²) in [6.45, 7) is 1.13. The average molecular weight is 267 g/mol. The predicted octanol–water partition coefficient (Wildman–Crippen LogP) is 2.31. The lowest BCUT2D eigenvalue weighted by Crippen LogP contribution is -2.52. The highest BCUT2D eigenvalue weighted by Crippen LogP contribution is 2.38. The van der Waals surface area contributed by atoms with E-state index in [1.54, 1.807) is 0 Å². The smallest absolute Gasteiger partial charge is 0.0695 e. The van der Waals surface area contributed by atoms with Crippen molar-refractivity contribution in [1.29, 1.82) is 0 Å². The van der Waals surface area contributed by atoms with Gasteiger partial charge in [0.25, 0.3) is 0 Å². The van der Waals surface area contributed by atoms with Crippen LogP contribution in [0.1, 0.15) is 64.2 Å². The van der Waals surface area contributed by atoms with Crippen LogP contribution in [0.4, 0.5) is 0 Å². The summed E-state index contributed by atoms with van der Waals surface area (Å²) in [7, 11) is 0. The van der Waals surface area contributed by atoms with Crippen LogP contribution in [0.15, 0.2) is 0 Å². The second-order valence-corrected chi connectivity index (χ2v) is 6.88. The first-order valence-electron chi connectivity index (χ1n) is 8.39. The Morgan fingerprint density at radius 2 is 1.26 bits per heavy atom. The minimum Gasteiger partial charge on any atom is -0.393 e. The lowest BCUT2D eigenvalue weighted by Gasteiger charge is -2.43. The highest BCUT2D eigenvalue weighted by atomic mass is 16.3. The van der Waals surface area contributed by atoms with Crippen molar-refractivity contribution in [3.63, 3.8) is 0 Å². The number of likely N-dealkylation sites (tertiary alicyclic amines) is 1. The maximum atomic E-state index is 10.3. The standard InChI is InChI=1S/C16H29NO2/c18-15-9-3-1-6-12(15)13-8-5-11-17(13)14-7-2-4-10-16(14)19/h12-16,18-19H,1-11H2. The molecule has 3 fully saturated rings. The van der Waals surface area contributed by atoms with Gasteiger partial charge in [-0.25, -0.2) is 0 Å². The van der Waals surface area contributed by atoms with E-state index in [0.29, 0.717) is 18.0 Å². The average Bonchev–Trinajstić information content (AvgIpc) is 2.89. The summed E-state index contributed by atoms with van der Waals surface area (Å²) in [6.07, 6.45) is 11.5. The van der Waals surface area contributed by atoms with Crippen molar-refractivity contribution in [1.82, 2.24) is 4.90 Å². The topological polar surface area (TPSA) is 43.7 Å². The van der Waals surface area contributed by atoms with E-state index in [1.165, 1.54) is 44.9 Å². The van der Waals surface area contributed by atoms with E-state index in [4.69, 9.17) is 0 Å². The molecule has 3 nitrogen and oxygen atoms in total. The summed E-state index contributed by atoms with van der Waals surface area (Å²) in [5, 5.41) is 20.6. The van der Waals surface area contributed by atoms with E-state index in [1.807, 2.05) is 0 Å². The Balaban J connectivity index is 1.69. The Bertz CT molecular complexity index is 268. The van der Waals surface area contributed by atoms with Gasteiger partial charge in [0.05, 0.1) is 12.2 Å². The molecule has 2 saturated carbocycles. The molecule has 2 aliphatic carbocycles. The van der Waals surface area contributed by atoms with Crippen LogP contribution in [-0.2, 0) is 0 Å². The quantitative estimate of drug-likeness (QED) is 0.807. The van der Waals surface area contributed by atoms with E-state index in [-0.39, 0.29) is 12.2 Å². The van der Waals surface area contributed by atoms with Gasteiger partial charge in [0.2, 0.25) is 0 Å². The molecule has 1 heterocycles. The molecule has 2 N–H and O–H groups in total. The monoisotopic (exact) mass is 267 g/mol. The van der Waals surface area contributed by atoms with E-state index >= 15 is 0 Å². The Labute approximate surface area is 117 Å². The van der Waals surface area contributed by atoms with Crippen LogP contribution in [-0.4, -0.2) is 45.9 Å². The maximum absolute atomic E-state index is 10.3. The van der Waals surface area contributed by atoms with Crippen molar-refractivity contribution in [2.75, 3.05) is 6.54 Å². The van der Waals surface area contributed by atoms with Crippen LogP contribution >= 0.6 is 0 Å². The van der Waals surface area contributed by atoms with Crippen LogP contribution in [0.25, 0.3) is 0 Å². The number of hydrogen-bond donors (Lipinski definition) is 2. The molecule has 5 unspecified atom stereocenters.